The summed E-state index contributed by atoms with van der Waals surface area (Å²) in [7, 11) is 0. The highest BCUT2D eigenvalue weighted by atomic mass is 32.1. The van der Waals surface area contributed by atoms with Gasteiger partial charge >= 0.3 is 0 Å². The largest absolute Gasteiger partial charge is 0.411 e. The molecule has 0 amide bonds. The Morgan fingerprint density at radius 2 is 2.43 bits per heavy atom. The molecule has 0 aliphatic carbocycles. The second kappa shape index (κ2) is 3.85. The fourth-order valence-corrected chi connectivity index (χ4v) is 2.57. The van der Waals surface area contributed by atoms with Crippen molar-refractivity contribution in [3.8, 4) is 10.6 Å². The number of hydrogen-bond donors (Lipinski definition) is 1. The normalized spacial score (nSPS) is 11.2. The van der Waals surface area contributed by atoms with Crippen molar-refractivity contribution in [2.45, 2.75) is 6.92 Å². The van der Waals surface area contributed by atoms with Crippen LogP contribution < -0.4 is 0 Å². The summed E-state index contributed by atoms with van der Waals surface area (Å²) in [6.45, 7) is 1.97. The molecule has 14 heavy (non-hydrogen) atoms. The van der Waals surface area contributed by atoms with Crippen molar-refractivity contribution in [2.75, 3.05) is 0 Å². The molecule has 2 rings (SSSR count). The number of hydrogen-bond acceptors (Lipinski definition) is 6. The van der Waals surface area contributed by atoms with Gasteiger partial charge in [0.2, 0.25) is 0 Å². The second-order valence-corrected chi connectivity index (χ2v) is 4.50. The summed E-state index contributed by atoms with van der Waals surface area (Å²) in [6.07, 6.45) is 1.41. The number of thiophene rings is 1. The molecule has 0 saturated carbocycles. The van der Waals surface area contributed by atoms with Crippen LogP contribution in [0, 0.1) is 6.92 Å². The van der Waals surface area contributed by atoms with Crippen LogP contribution in [0.1, 0.15) is 10.4 Å². The van der Waals surface area contributed by atoms with E-state index in [2.05, 4.69) is 14.7 Å². The quantitative estimate of drug-likeness (QED) is 0.485. The molecule has 0 saturated heterocycles. The highest BCUT2D eigenvalue weighted by molar-refractivity contribution is 7.14. The summed E-state index contributed by atoms with van der Waals surface area (Å²) in [4.78, 5) is 2.06. The molecule has 0 radical (unpaired) electrons. The lowest BCUT2D eigenvalue weighted by Crippen LogP contribution is -1.83. The molecule has 0 fully saturated rings. The van der Waals surface area contributed by atoms with Crippen LogP contribution >= 0.6 is 22.9 Å². The van der Waals surface area contributed by atoms with Crippen LogP contribution in [0.15, 0.2) is 16.6 Å². The van der Waals surface area contributed by atoms with E-state index in [1.54, 1.807) is 11.3 Å². The van der Waals surface area contributed by atoms with Gasteiger partial charge in [-0.05, 0) is 29.9 Å². The third-order valence-electron chi connectivity index (χ3n) is 1.76. The number of nitrogens with zero attached hydrogens (tertiary/aromatic N) is 3. The highest BCUT2D eigenvalue weighted by Gasteiger charge is 2.11. The molecule has 0 aliphatic rings. The van der Waals surface area contributed by atoms with Crippen LogP contribution in [0.2, 0.25) is 0 Å². The molecule has 72 valence electrons. The zero-order valence-corrected chi connectivity index (χ0v) is 8.97. The van der Waals surface area contributed by atoms with Gasteiger partial charge in [0.15, 0.2) is 0 Å². The van der Waals surface area contributed by atoms with Crippen LogP contribution in [0.5, 0.6) is 0 Å². The Morgan fingerprint density at radius 1 is 1.57 bits per heavy atom. The first-order valence-corrected chi connectivity index (χ1v) is 5.52. The number of aryl methyl sites for hydroxylation is 1. The van der Waals surface area contributed by atoms with Crippen LogP contribution in [0.3, 0.4) is 0 Å². The molecule has 2 aromatic rings. The highest BCUT2D eigenvalue weighted by Crippen LogP contribution is 2.30. The lowest BCUT2D eigenvalue weighted by atomic mass is 10.2. The van der Waals surface area contributed by atoms with Crippen molar-refractivity contribution in [1.82, 2.24) is 9.59 Å². The van der Waals surface area contributed by atoms with E-state index in [0.29, 0.717) is 0 Å². The minimum atomic E-state index is 0.869. The zero-order valence-electron chi connectivity index (χ0n) is 7.34. The van der Waals surface area contributed by atoms with Gasteiger partial charge in [0.25, 0.3) is 0 Å². The molecule has 2 heterocycles. The number of rotatable bonds is 2. The number of aromatic nitrogens is 2. The lowest BCUT2D eigenvalue weighted by molar-refractivity contribution is 0.322. The van der Waals surface area contributed by atoms with Crippen molar-refractivity contribution in [2.24, 2.45) is 5.16 Å². The molecule has 0 aromatic carbocycles. The first kappa shape index (κ1) is 9.29. The van der Waals surface area contributed by atoms with Crippen molar-refractivity contribution in [1.29, 1.82) is 0 Å². The lowest BCUT2D eigenvalue weighted by Gasteiger charge is -1.93. The van der Waals surface area contributed by atoms with Crippen LogP contribution in [-0.2, 0) is 0 Å². The van der Waals surface area contributed by atoms with Gasteiger partial charge in [-0.15, -0.1) is 16.4 Å². The van der Waals surface area contributed by atoms with E-state index in [-0.39, 0.29) is 0 Å². The average Bonchev–Trinajstić information content (AvgIpc) is 2.74. The third kappa shape index (κ3) is 1.53. The number of oxime groups is 1. The predicted octanol–water partition coefficient (Wildman–Crippen LogP) is 2.38. The molecule has 6 heteroatoms. The third-order valence-corrected chi connectivity index (χ3v) is 3.33. The maximum Gasteiger partial charge on any atom is 0.119 e. The van der Waals surface area contributed by atoms with Gasteiger partial charge in [0.1, 0.15) is 5.69 Å². The molecule has 2 aromatic heterocycles. The van der Waals surface area contributed by atoms with Gasteiger partial charge in [-0.1, -0.05) is 9.64 Å². The molecule has 4 nitrogen and oxygen atoms in total. The van der Waals surface area contributed by atoms with Gasteiger partial charge in [0.05, 0.1) is 16.0 Å². The first-order chi connectivity index (χ1) is 6.83. The molecule has 0 atom stereocenters. The Bertz CT molecular complexity index is 461. The second-order valence-electron chi connectivity index (χ2n) is 2.63. The van der Waals surface area contributed by atoms with Crippen molar-refractivity contribution in [3.05, 3.63) is 21.9 Å². The fourth-order valence-electron chi connectivity index (χ4n) is 1.12. The Morgan fingerprint density at radius 3 is 3.07 bits per heavy atom. The maximum atomic E-state index is 8.47. The monoisotopic (exact) mass is 225 g/mol. The Hall–Kier alpha value is -1.27. The summed E-state index contributed by atoms with van der Waals surface area (Å²) in [6, 6.07) is 1.89. The predicted molar refractivity (Wildman–Crippen MR) is 57.3 cm³/mol. The van der Waals surface area contributed by atoms with Crippen LogP contribution in [-0.4, -0.2) is 21.0 Å². The average molecular weight is 225 g/mol. The van der Waals surface area contributed by atoms with Crippen LogP contribution in [0.4, 0.5) is 0 Å². The molecule has 1 N–H and O–H groups in total. The van der Waals surface area contributed by atoms with E-state index in [1.807, 2.05) is 18.4 Å². The van der Waals surface area contributed by atoms with Crippen molar-refractivity contribution < 1.29 is 5.21 Å². The van der Waals surface area contributed by atoms with Crippen molar-refractivity contribution in [3.63, 3.8) is 0 Å². The molecule has 0 unspecified atom stereocenters. The summed E-state index contributed by atoms with van der Waals surface area (Å²) in [5.74, 6) is 0. The fraction of sp³-hybridized carbons (Fsp3) is 0.125. The smallest absolute Gasteiger partial charge is 0.119 e. The maximum absolute atomic E-state index is 8.47. The first-order valence-electron chi connectivity index (χ1n) is 3.87. The van der Waals surface area contributed by atoms with Gasteiger partial charge < -0.3 is 5.21 Å². The van der Waals surface area contributed by atoms with E-state index < -0.39 is 0 Å². The Labute approximate surface area is 88.7 Å². The molecule has 0 aliphatic heterocycles. The Balaban J connectivity index is 2.51. The molecular weight excluding hydrogens is 218 g/mol. The summed E-state index contributed by atoms with van der Waals surface area (Å²) in [5.41, 5.74) is 1.74. The SMILES string of the molecule is Cc1snnc1-c1sccc1/C=N\O. The van der Waals surface area contributed by atoms with Gasteiger partial charge in [-0.3, -0.25) is 0 Å². The van der Waals surface area contributed by atoms with Crippen molar-refractivity contribution >= 4 is 29.1 Å². The van der Waals surface area contributed by atoms with E-state index in [0.717, 1.165) is 21.0 Å². The van der Waals surface area contributed by atoms with Gasteiger partial charge in [-0.2, -0.15) is 0 Å². The Kier molecular flexibility index (Phi) is 2.55. The summed E-state index contributed by atoms with van der Waals surface area (Å²) >= 11 is 2.93. The van der Waals surface area contributed by atoms with Crippen LogP contribution in [0.25, 0.3) is 10.6 Å². The summed E-state index contributed by atoms with van der Waals surface area (Å²) < 4.78 is 3.87. The zero-order chi connectivity index (χ0) is 9.97. The van der Waals surface area contributed by atoms with E-state index >= 15 is 0 Å². The molecule has 0 bridgehead atoms. The standard InChI is InChI=1S/C8H7N3OS2/c1-5-7(10-11-14-5)8-6(4-9-12)2-3-13-8/h2-4,12H,1H3/b9-4-. The molecule has 0 spiro atoms. The van der Waals surface area contributed by atoms with Gasteiger partial charge in [-0.25, -0.2) is 0 Å². The van der Waals surface area contributed by atoms with E-state index in [9.17, 15) is 0 Å². The minimum absolute atomic E-state index is 0.869. The van der Waals surface area contributed by atoms with Gasteiger partial charge in [0, 0.05) is 5.56 Å². The minimum Gasteiger partial charge on any atom is -0.411 e. The topological polar surface area (TPSA) is 58.4 Å². The van der Waals surface area contributed by atoms with E-state index in [1.165, 1.54) is 17.7 Å². The summed E-state index contributed by atoms with van der Waals surface area (Å²) in [5, 5.41) is 17.5. The molecular formula is C8H7N3OS2. The van der Waals surface area contributed by atoms with E-state index in [4.69, 9.17) is 5.21 Å².